The minimum atomic E-state index is -3.71. The molecule has 0 spiro atoms. The van der Waals surface area contributed by atoms with Crippen LogP contribution in [-0.4, -0.2) is 20.1 Å². The lowest BCUT2D eigenvalue weighted by molar-refractivity contribution is -0.119. The number of hydrogen-bond donors (Lipinski definition) is 2. The van der Waals surface area contributed by atoms with Crippen LogP contribution in [0.3, 0.4) is 0 Å². The van der Waals surface area contributed by atoms with Crippen LogP contribution in [0.4, 0.5) is 0 Å². The van der Waals surface area contributed by atoms with Gasteiger partial charge in [0.25, 0.3) is 0 Å². The summed E-state index contributed by atoms with van der Waals surface area (Å²) in [5, 5.41) is 8.53. The van der Waals surface area contributed by atoms with E-state index < -0.39 is 10.0 Å². The molecule has 0 bridgehead atoms. The van der Waals surface area contributed by atoms with Gasteiger partial charge >= 0.3 is 0 Å². The van der Waals surface area contributed by atoms with E-state index in [1.54, 1.807) is 18.2 Å². The number of carbonyl (C=O) groups excluding carboxylic acids is 1. The van der Waals surface area contributed by atoms with Crippen LogP contribution in [0.25, 0.3) is 0 Å². The maximum Gasteiger partial charge on any atom is 0.238 e. The molecule has 0 aliphatic carbocycles. The van der Waals surface area contributed by atoms with Crippen LogP contribution >= 0.6 is 23.4 Å². The molecule has 0 aromatic heterocycles. The van der Waals surface area contributed by atoms with Crippen LogP contribution in [-0.2, 0) is 14.8 Å². The topological polar surface area (TPSA) is 89.3 Å². The summed E-state index contributed by atoms with van der Waals surface area (Å²) >= 11 is 7.41. The Morgan fingerprint density at radius 3 is 2.42 bits per heavy atom. The molecular formula is C16H17ClN2O3S2. The van der Waals surface area contributed by atoms with Crippen molar-refractivity contribution >= 4 is 39.3 Å². The lowest BCUT2D eigenvalue weighted by atomic mass is 10.1. The van der Waals surface area contributed by atoms with Gasteiger partial charge in [-0.3, -0.25) is 4.79 Å². The van der Waals surface area contributed by atoms with Gasteiger partial charge in [0.15, 0.2) is 0 Å². The lowest BCUT2D eigenvalue weighted by Gasteiger charge is -2.14. The number of carbonyl (C=O) groups is 1. The first-order chi connectivity index (χ1) is 11.3. The van der Waals surface area contributed by atoms with Crippen molar-refractivity contribution in [2.45, 2.75) is 22.8 Å². The molecule has 0 heterocycles. The second-order valence-corrected chi connectivity index (χ2v) is 8.11. The highest BCUT2D eigenvalue weighted by Gasteiger charge is 2.12. The summed E-state index contributed by atoms with van der Waals surface area (Å²) in [5.41, 5.74) is 0.790. The van der Waals surface area contributed by atoms with Crippen molar-refractivity contribution < 1.29 is 13.2 Å². The zero-order valence-electron chi connectivity index (χ0n) is 12.9. The number of rotatable bonds is 6. The smallest absolute Gasteiger partial charge is 0.238 e. The monoisotopic (exact) mass is 384 g/mol. The fraction of sp³-hybridized carbons (Fsp3) is 0.188. The Bertz CT molecular complexity index is 823. The zero-order valence-corrected chi connectivity index (χ0v) is 15.3. The van der Waals surface area contributed by atoms with Crippen molar-refractivity contribution in [3.63, 3.8) is 0 Å². The van der Waals surface area contributed by atoms with Crippen molar-refractivity contribution in [1.29, 1.82) is 0 Å². The van der Waals surface area contributed by atoms with Gasteiger partial charge in [0.05, 0.1) is 21.7 Å². The van der Waals surface area contributed by atoms with E-state index in [1.807, 2.05) is 25.1 Å². The fourth-order valence-corrected chi connectivity index (χ4v) is 3.58. The van der Waals surface area contributed by atoms with Crippen LogP contribution in [0.1, 0.15) is 18.5 Å². The summed E-state index contributed by atoms with van der Waals surface area (Å²) < 4.78 is 22.5. The van der Waals surface area contributed by atoms with Gasteiger partial charge in [0.2, 0.25) is 15.9 Å². The molecule has 0 saturated carbocycles. The number of sulfonamides is 1. The van der Waals surface area contributed by atoms with E-state index in [0.29, 0.717) is 5.02 Å². The summed E-state index contributed by atoms with van der Waals surface area (Å²) in [7, 11) is -3.71. The van der Waals surface area contributed by atoms with Gasteiger partial charge in [-0.15, -0.1) is 11.8 Å². The number of nitrogens with one attached hydrogen (secondary N) is 1. The van der Waals surface area contributed by atoms with E-state index >= 15 is 0 Å². The van der Waals surface area contributed by atoms with E-state index in [9.17, 15) is 13.2 Å². The predicted molar refractivity (Wildman–Crippen MR) is 96.5 cm³/mol. The third-order valence-electron chi connectivity index (χ3n) is 3.28. The molecule has 3 N–H and O–H groups in total. The molecule has 0 saturated heterocycles. The Morgan fingerprint density at radius 1 is 1.21 bits per heavy atom. The van der Waals surface area contributed by atoms with Gasteiger partial charge in [0, 0.05) is 4.90 Å². The summed E-state index contributed by atoms with van der Waals surface area (Å²) in [6.07, 6.45) is 0. The predicted octanol–water partition coefficient (Wildman–Crippen LogP) is 2.96. The van der Waals surface area contributed by atoms with E-state index in [4.69, 9.17) is 16.7 Å². The molecule has 8 heteroatoms. The highest BCUT2D eigenvalue weighted by molar-refractivity contribution is 8.00. The largest absolute Gasteiger partial charge is 0.349 e. The average molecular weight is 385 g/mol. The number of benzene rings is 2. The van der Waals surface area contributed by atoms with Gasteiger partial charge < -0.3 is 5.32 Å². The maximum atomic E-state index is 12.0. The van der Waals surface area contributed by atoms with Gasteiger partial charge in [-0.05, 0) is 36.8 Å². The molecule has 0 unspecified atom stereocenters. The minimum Gasteiger partial charge on any atom is -0.349 e. The standard InChI is InChI=1S/C16H17ClN2O3S2/c1-11(12-6-8-13(9-7-12)24(18,21)22)19-16(20)10-23-15-5-3-2-4-14(15)17/h2-9,11H,10H2,1H3,(H,19,20)(H2,18,21,22)/t11-/m0/s1. The van der Waals surface area contributed by atoms with E-state index in [0.717, 1.165) is 10.5 Å². The Labute approximate surface area is 150 Å². The van der Waals surface area contributed by atoms with Crippen LogP contribution < -0.4 is 10.5 Å². The Morgan fingerprint density at radius 2 is 1.83 bits per heavy atom. The van der Waals surface area contributed by atoms with Crippen LogP contribution in [0.2, 0.25) is 5.02 Å². The van der Waals surface area contributed by atoms with E-state index in [2.05, 4.69) is 5.32 Å². The maximum absolute atomic E-state index is 12.0. The SMILES string of the molecule is C[C@H](NC(=O)CSc1ccccc1Cl)c1ccc(S(N)(=O)=O)cc1. The van der Waals surface area contributed by atoms with E-state index in [-0.39, 0.29) is 22.6 Å². The molecule has 2 aromatic rings. The first kappa shape index (κ1) is 18.8. The van der Waals surface area contributed by atoms with Crippen LogP contribution in [0, 0.1) is 0 Å². The highest BCUT2D eigenvalue weighted by atomic mass is 35.5. The number of halogens is 1. The number of amides is 1. The average Bonchev–Trinajstić information content (AvgIpc) is 2.53. The Kier molecular flexibility index (Phi) is 6.28. The Hall–Kier alpha value is -1.54. The summed E-state index contributed by atoms with van der Waals surface area (Å²) in [6.45, 7) is 1.82. The van der Waals surface area contributed by atoms with Crippen molar-refractivity contribution in [3.05, 3.63) is 59.1 Å². The minimum absolute atomic E-state index is 0.0408. The number of hydrogen-bond acceptors (Lipinski definition) is 4. The van der Waals surface area contributed by atoms with Gasteiger partial charge in [-0.2, -0.15) is 0 Å². The lowest BCUT2D eigenvalue weighted by Crippen LogP contribution is -2.28. The summed E-state index contributed by atoms with van der Waals surface area (Å²) in [6, 6.07) is 13.2. The summed E-state index contributed by atoms with van der Waals surface area (Å²) in [5.74, 6) is 0.103. The van der Waals surface area contributed by atoms with Crippen LogP contribution in [0.5, 0.6) is 0 Å². The third kappa shape index (κ3) is 5.24. The molecule has 2 rings (SSSR count). The second kappa shape index (κ2) is 8.02. The molecule has 1 atom stereocenters. The molecular weight excluding hydrogens is 368 g/mol. The van der Waals surface area contributed by atoms with Gasteiger partial charge in [-0.25, -0.2) is 13.6 Å². The van der Waals surface area contributed by atoms with Crippen molar-refractivity contribution in [2.75, 3.05) is 5.75 Å². The van der Waals surface area contributed by atoms with Crippen molar-refractivity contribution in [1.82, 2.24) is 5.32 Å². The molecule has 0 aliphatic rings. The van der Waals surface area contributed by atoms with Gasteiger partial charge in [-0.1, -0.05) is 35.9 Å². The molecule has 2 aromatic carbocycles. The highest BCUT2D eigenvalue weighted by Crippen LogP contribution is 2.26. The van der Waals surface area contributed by atoms with Crippen molar-refractivity contribution in [3.8, 4) is 0 Å². The third-order valence-corrected chi connectivity index (χ3v) is 5.73. The number of nitrogens with two attached hydrogens (primary N) is 1. The first-order valence-corrected chi connectivity index (χ1v) is 9.98. The molecule has 24 heavy (non-hydrogen) atoms. The molecule has 128 valence electrons. The molecule has 0 aliphatic heterocycles. The molecule has 1 amide bonds. The van der Waals surface area contributed by atoms with Crippen LogP contribution in [0.15, 0.2) is 58.3 Å². The second-order valence-electron chi connectivity index (χ2n) is 5.12. The van der Waals surface area contributed by atoms with Gasteiger partial charge in [0.1, 0.15) is 0 Å². The Balaban J connectivity index is 1.93. The zero-order chi connectivity index (χ0) is 17.7. The number of thioether (sulfide) groups is 1. The normalized spacial score (nSPS) is 12.6. The summed E-state index contributed by atoms with van der Waals surface area (Å²) in [4.78, 5) is 12.9. The number of primary sulfonamides is 1. The molecule has 0 radical (unpaired) electrons. The molecule has 0 fully saturated rings. The fourth-order valence-electron chi connectivity index (χ4n) is 2.02. The first-order valence-electron chi connectivity index (χ1n) is 7.07. The quantitative estimate of drug-likeness (QED) is 0.749. The van der Waals surface area contributed by atoms with E-state index in [1.165, 1.54) is 23.9 Å². The van der Waals surface area contributed by atoms with Crippen molar-refractivity contribution in [2.24, 2.45) is 5.14 Å². The molecule has 5 nitrogen and oxygen atoms in total.